The smallest absolute Gasteiger partial charge is 0.318 e. The molecule has 1 spiro atoms. The van der Waals surface area contributed by atoms with Crippen LogP contribution >= 0.6 is 0 Å². The van der Waals surface area contributed by atoms with Gasteiger partial charge in [0.25, 0.3) is 0 Å². The van der Waals surface area contributed by atoms with Crippen LogP contribution in [0.15, 0.2) is 12.1 Å². The van der Waals surface area contributed by atoms with Crippen LogP contribution in [0.4, 0.5) is 15.9 Å². The normalized spacial score (nSPS) is 31.3. The SMILES string of the molecule is C[C@@H]1CC[C@@]2(Cc3nc(OCC45CCCN4C[C@H](F)C5)nc(N4CCCOCC4)c3CO2)c2c1ccc(N)c2C#N. The molecule has 2 N–H and O–H groups in total. The monoisotopic (exact) mass is 562 g/mol. The summed E-state index contributed by atoms with van der Waals surface area (Å²) in [5.74, 6) is 1.14. The average Bonchev–Trinajstić information content (AvgIpc) is 3.35. The molecule has 218 valence electrons. The number of nitrogens with zero attached hydrogens (tertiary/aromatic N) is 5. The van der Waals surface area contributed by atoms with E-state index in [9.17, 15) is 9.65 Å². The molecule has 0 saturated carbocycles. The predicted octanol–water partition coefficient (Wildman–Crippen LogP) is 3.98. The first-order valence-electron chi connectivity index (χ1n) is 15.1. The fraction of sp³-hybridized carbons (Fsp3) is 0.645. The van der Waals surface area contributed by atoms with E-state index in [0.29, 0.717) is 62.4 Å². The van der Waals surface area contributed by atoms with Gasteiger partial charge in [-0.25, -0.2) is 4.39 Å². The molecule has 0 radical (unpaired) electrons. The van der Waals surface area contributed by atoms with Gasteiger partial charge in [-0.05, 0) is 56.2 Å². The molecular formula is C31H39FN6O3. The number of ether oxygens (including phenoxy) is 3. The third-order valence-corrected chi connectivity index (χ3v) is 10.1. The maximum absolute atomic E-state index is 14.4. The van der Waals surface area contributed by atoms with Crippen molar-refractivity contribution in [1.82, 2.24) is 14.9 Å². The third-order valence-electron chi connectivity index (χ3n) is 10.1. The van der Waals surface area contributed by atoms with Crippen molar-refractivity contribution in [3.8, 4) is 12.1 Å². The Kier molecular flexibility index (Phi) is 6.80. The highest BCUT2D eigenvalue weighted by molar-refractivity contribution is 5.64. The summed E-state index contributed by atoms with van der Waals surface area (Å²) in [6.07, 6.45) is 4.82. The van der Waals surface area contributed by atoms with Crippen LogP contribution in [0, 0.1) is 11.3 Å². The number of hydrogen-bond donors (Lipinski definition) is 1. The summed E-state index contributed by atoms with van der Waals surface area (Å²) < 4.78 is 33.4. The molecular weight excluding hydrogens is 523 g/mol. The molecule has 4 atom stereocenters. The zero-order chi connectivity index (χ0) is 28.2. The molecule has 3 saturated heterocycles. The number of fused-ring (bicyclic) bond motifs is 4. The maximum Gasteiger partial charge on any atom is 0.318 e. The lowest BCUT2D eigenvalue weighted by Gasteiger charge is -2.45. The van der Waals surface area contributed by atoms with Gasteiger partial charge in [0, 0.05) is 55.9 Å². The van der Waals surface area contributed by atoms with Gasteiger partial charge in [0.1, 0.15) is 30.3 Å². The molecule has 10 heteroatoms. The number of hydrogen-bond acceptors (Lipinski definition) is 9. The van der Waals surface area contributed by atoms with Crippen LogP contribution in [-0.2, 0) is 28.1 Å². The number of aromatic nitrogens is 2. The first kappa shape index (κ1) is 26.9. The van der Waals surface area contributed by atoms with Gasteiger partial charge < -0.3 is 24.8 Å². The van der Waals surface area contributed by atoms with Gasteiger partial charge in [-0.15, -0.1) is 0 Å². The van der Waals surface area contributed by atoms with Crippen molar-refractivity contribution in [2.45, 2.75) is 81.7 Å². The summed E-state index contributed by atoms with van der Waals surface area (Å²) in [6, 6.07) is 6.61. The van der Waals surface area contributed by atoms with Gasteiger partial charge in [-0.3, -0.25) is 4.90 Å². The minimum Gasteiger partial charge on any atom is -0.461 e. The molecule has 1 aliphatic carbocycles. The second kappa shape index (κ2) is 10.4. The Bertz CT molecular complexity index is 1370. The Labute approximate surface area is 240 Å². The van der Waals surface area contributed by atoms with E-state index in [1.54, 1.807) is 0 Å². The first-order chi connectivity index (χ1) is 19.9. The number of nitrogens with two attached hydrogens (primary N) is 1. The zero-order valence-electron chi connectivity index (χ0n) is 23.8. The maximum atomic E-state index is 14.4. The van der Waals surface area contributed by atoms with Crippen molar-refractivity contribution in [3.63, 3.8) is 0 Å². The fourth-order valence-corrected chi connectivity index (χ4v) is 7.96. The average molecular weight is 563 g/mol. The standard InChI is InChI=1S/C31H39FN6O3/c1-20-6-8-31(27-22(20)4-5-25(34)23(27)16-33)15-26-24(18-41-31)28(37-9-3-12-39-13-11-37)36-29(35-26)40-19-30-7-2-10-38(30)17-21(32)14-30/h4-5,20-21H,2-3,6-15,17-19,34H2,1H3/t20-,21-,30?,31-/m1/s1. The van der Waals surface area contributed by atoms with Crippen LogP contribution in [0.5, 0.6) is 6.01 Å². The molecule has 2 aromatic rings. The van der Waals surface area contributed by atoms with Crippen LogP contribution < -0.4 is 15.4 Å². The molecule has 9 nitrogen and oxygen atoms in total. The molecule has 0 amide bonds. The number of nitrogen functional groups attached to an aromatic ring is 1. The van der Waals surface area contributed by atoms with Gasteiger partial charge >= 0.3 is 6.01 Å². The Hall–Kier alpha value is -3.00. The molecule has 1 aromatic carbocycles. The van der Waals surface area contributed by atoms with Crippen molar-refractivity contribution < 1.29 is 18.6 Å². The van der Waals surface area contributed by atoms with E-state index in [0.717, 1.165) is 86.5 Å². The van der Waals surface area contributed by atoms with Crippen molar-refractivity contribution in [3.05, 3.63) is 40.1 Å². The largest absolute Gasteiger partial charge is 0.461 e. The van der Waals surface area contributed by atoms with Crippen molar-refractivity contribution >= 4 is 11.5 Å². The lowest BCUT2D eigenvalue weighted by molar-refractivity contribution is -0.0873. The van der Waals surface area contributed by atoms with Gasteiger partial charge in [0.2, 0.25) is 0 Å². The molecule has 1 aromatic heterocycles. The van der Waals surface area contributed by atoms with E-state index in [-0.39, 0.29) is 5.54 Å². The topological polar surface area (TPSA) is 110 Å². The van der Waals surface area contributed by atoms with E-state index >= 15 is 0 Å². The highest BCUT2D eigenvalue weighted by Crippen LogP contribution is 2.51. The zero-order valence-corrected chi connectivity index (χ0v) is 23.8. The van der Waals surface area contributed by atoms with Crippen molar-refractivity contribution in [1.29, 1.82) is 5.26 Å². The van der Waals surface area contributed by atoms with E-state index in [4.69, 9.17) is 29.9 Å². The molecule has 0 bridgehead atoms. The minimum atomic E-state index is -0.816. The van der Waals surface area contributed by atoms with E-state index in [1.807, 2.05) is 6.07 Å². The number of halogens is 1. The second-order valence-corrected chi connectivity index (χ2v) is 12.6. The lowest BCUT2D eigenvalue weighted by atomic mass is 9.69. The number of anilines is 2. The van der Waals surface area contributed by atoms with Gasteiger partial charge in [-0.1, -0.05) is 13.0 Å². The molecule has 7 rings (SSSR count). The summed E-state index contributed by atoms with van der Waals surface area (Å²) in [4.78, 5) is 14.5. The minimum absolute atomic E-state index is 0.280. The summed E-state index contributed by atoms with van der Waals surface area (Å²) in [5.41, 5.74) is 10.3. The fourth-order valence-electron chi connectivity index (χ4n) is 7.96. The number of alkyl halides is 1. The van der Waals surface area contributed by atoms with Crippen LogP contribution in [0.1, 0.15) is 79.3 Å². The second-order valence-electron chi connectivity index (χ2n) is 12.6. The number of benzene rings is 1. The highest BCUT2D eigenvalue weighted by Gasteiger charge is 2.50. The summed E-state index contributed by atoms with van der Waals surface area (Å²) in [7, 11) is 0. The molecule has 5 aliphatic rings. The third kappa shape index (κ3) is 4.53. The molecule has 3 fully saturated rings. The molecule has 41 heavy (non-hydrogen) atoms. The molecule has 1 unspecified atom stereocenters. The van der Waals surface area contributed by atoms with Crippen LogP contribution in [0.3, 0.4) is 0 Å². The molecule has 4 aliphatic heterocycles. The Morgan fingerprint density at radius 3 is 2.98 bits per heavy atom. The van der Waals surface area contributed by atoms with Crippen LogP contribution in [-0.4, -0.2) is 72.6 Å². The van der Waals surface area contributed by atoms with Crippen molar-refractivity contribution in [2.75, 3.05) is 56.6 Å². The summed E-state index contributed by atoms with van der Waals surface area (Å²) >= 11 is 0. The Morgan fingerprint density at radius 2 is 2.10 bits per heavy atom. The number of rotatable bonds is 4. The predicted molar refractivity (Wildman–Crippen MR) is 152 cm³/mol. The van der Waals surface area contributed by atoms with Gasteiger partial charge in [0.05, 0.1) is 30.0 Å². The lowest BCUT2D eigenvalue weighted by Crippen LogP contribution is -2.44. The quantitative estimate of drug-likeness (QED) is 0.554. The summed E-state index contributed by atoms with van der Waals surface area (Å²) in [6.45, 7) is 7.22. The van der Waals surface area contributed by atoms with Crippen LogP contribution in [0.2, 0.25) is 0 Å². The summed E-state index contributed by atoms with van der Waals surface area (Å²) in [5, 5.41) is 10.1. The Morgan fingerprint density at radius 1 is 1.20 bits per heavy atom. The highest BCUT2D eigenvalue weighted by atomic mass is 19.1. The van der Waals surface area contributed by atoms with E-state index < -0.39 is 11.8 Å². The Balaban J connectivity index is 1.28. The number of nitriles is 1. The molecule has 5 heterocycles. The van der Waals surface area contributed by atoms with Gasteiger partial charge in [-0.2, -0.15) is 15.2 Å². The van der Waals surface area contributed by atoms with E-state index in [2.05, 4.69) is 28.9 Å². The van der Waals surface area contributed by atoms with Crippen molar-refractivity contribution in [2.24, 2.45) is 0 Å². The van der Waals surface area contributed by atoms with Crippen LogP contribution in [0.25, 0.3) is 0 Å². The van der Waals surface area contributed by atoms with Gasteiger partial charge in [0.15, 0.2) is 0 Å². The van der Waals surface area contributed by atoms with E-state index in [1.165, 1.54) is 0 Å². The first-order valence-corrected chi connectivity index (χ1v) is 15.1.